The first-order valence-electron chi connectivity index (χ1n) is 13.8. The molecule has 4 aromatic rings. The summed E-state index contributed by atoms with van der Waals surface area (Å²) in [7, 11) is -9.52. The minimum Gasteiger partial charge on any atom is -0.507 e. The first-order valence-corrected chi connectivity index (χ1v) is 16.7. The van der Waals surface area contributed by atoms with Gasteiger partial charge in [-0.2, -0.15) is 16.8 Å². The third-order valence-electron chi connectivity index (χ3n) is 7.74. The second kappa shape index (κ2) is 11.9. The summed E-state index contributed by atoms with van der Waals surface area (Å²) < 4.78 is 74.8. The number of benzene rings is 4. The van der Waals surface area contributed by atoms with Gasteiger partial charge in [0.05, 0.1) is 9.79 Å². The smallest absolute Gasteiger partial charge is 0.341 e. The van der Waals surface area contributed by atoms with Crippen molar-refractivity contribution < 1.29 is 55.9 Å². The maximum atomic E-state index is 12.3. The number of carboxylic acid groups (broad SMARTS) is 1. The molecule has 0 aromatic heterocycles. The Hall–Kier alpha value is -4.63. The molecule has 5 rings (SSSR count). The van der Waals surface area contributed by atoms with E-state index < -0.39 is 42.6 Å². The summed E-state index contributed by atoms with van der Waals surface area (Å²) in [5.41, 5.74) is 2.57. The largest absolute Gasteiger partial charge is 0.507 e. The highest BCUT2D eigenvalue weighted by Crippen LogP contribution is 2.40. The van der Waals surface area contributed by atoms with Crippen LogP contribution in [0.15, 0.2) is 58.3 Å². The Labute approximate surface area is 264 Å². The molecule has 1 aliphatic rings. The molecule has 46 heavy (non-hydrogen) atoms. The SMILES string of the molecule is Cc1cc2c(O)c(c1)Cc1cc(S(=O)(=O)O)cc(c1O)Cc1cc(C)cc(c1OCC(=O)O)Cc1cc(S(=O)(=O)O)cc(c1O)C2. The Morgan fingerprint density at radius 1 is 0.587 bits per heavy atom. The summed E-state index contributed by atoms with van der Waals surface area (Å²) in [4.78, 5) is 10.5. The number of phenols is 3. The molecule has 12 nitrogen and oxygen atoms in total. The number of hydrogen-bond donors (Lipinski definition) is 6. The van der Waals surface area contributed by atoms with Crippen molar-refractivity contribution >= 4 is 26.2 Å². The van der Waals surface area contributed by atoms with Gasteiger partial charge < -0.3 is 25.2 Å². The predicted molar refractivity (Wildman–Crippen MR) is 164 cm³/mol. The second-order valence-electron chi connectivity index (χ2n) is 11.4. The van der Waals surface area contributed by atoms with Crippen LogP contribution in [0.2, 0.25) is 0 Å². The van der Waals surface area contributed by atoms with Crippen LogP contribution in [0.3, 0.4) is 0 Å². The van der Waals surface area contributed by atoms with E-state index in [1.54, 1.807) is 38.1 Å². The van der Waals surface area contributed by atoms with Crippen LogP contribution in [-0.2, 0) is 50.7 Å². The van der Waals surface area contributed by atoms with E-state index in [-0.39, 0.29) is 82.1 Å². The monoisotopic (exact) mass is 670 g/mol. The number of phenolic OH excluding ortho intramolecular Hbond substituents is 3. The quantitative estimate of drug-likeness (QED) is 0.146. The van der Waals surface area contributed by atoms with Crippen LogP contribution in [-0.4, -0.2) is 58.9 Å². The molecule has 0 fully saturated rings. The van der Waals surface area contributed by atoms with Crippen molar-refractivity contribution in [1.29, 1.82) is 0 Å². The van der Waals surface area contributed by atoms with Crippen LogP contribution in [0.1, 0.15) is 55.6 Å². The van der Waals surface area contributed by atoms with E-state index in [9.17, 15) is 51.2 Å². The van der Waals surface area contributed by atoms with Crippen LogP contribution < -0.4 is 4.74 Å². The van der Waals surface area contributed by atoms with Gasteiger partial charge >= 0.3 is 5.97 Å². The number of carboxylic acids is 1. The Kier molecular flexibility index (Phi) is 8.51. The van der Waals surface area contributed by atoms with E-state index in [1.165, 1.54) is 0 Å². The van der Waals surface area contributed by atoms with Crippen molar-refractivity contribution in [2.45, 2.75) is 49.3 Å². The lowest BCUT2D eigenvalue weighted by Crippen LogP contribution is -2.13. The van der Waals surface area contributed by atoms with Crippen LogP contribution in [0.25, 0.3) is 0 Å². The van der Waals surface area contributed by atoms with Crippen molar-refractivity contribution in [3.8, 4) is 23.0 Å². The van der Waals surface area contributed by atoms with Crippen LogP contribution >= 0.6 is 0 Å². The summed E-state index contributed by atoms with van der Waals surface area (Å²) in [5, 5.41) is 43.5. The maximum Gasteiger partial charge on any atom is 0.341 e. The normalized spacial score (nSPS) is 13.3. The fraction of sp³-hybridized carbons (Fsp3) is 0.219. The molecule has 8 bridgehead atoms. The van der Waals surface area contributed by atoms with E-state index in [0.29, 0.717) is 22.3 Å². The van der Waals surface area contributed by atoms with Gasteiger partial charge in [0.25, 0.3) is 20.2 Å². The zero-order valence-electron chi connectivity index (χ0n) is 24.6. The molecule has 0 saturated carbocycles. The zero-order chi connectivity index (χ0) is 33.7. The molecule has 0 unspecified atom stereocenters. The average molecular weight is 671 g/mol. The molecular weight excluding hydrogens is 640 g/mol. The first-order chi connectivity index (χ1) is 21.4. The molecule has 0 amide bonds. The Bertz CT molecular complexity index is 2000. The summed E-state index contributed by atoms with van der Waals surface area (Å²) in [6.45, 7) is 2.64. The molecule has 0 spiro atoms. The number of aliphatic carboxylic acids is 1. The minimum absolute atomic E-state index is 0.0231. The molecule has 4 aromatic carbocycles. The highest BCUT2D eigenvalue weighted by atomic mass is 32.2. The third-order valence-corrected chi connectivity index (χ3v) is 9.40. The first kappa shape index (κ1) is 32.8. The minimum atomic E-state index is -4.76. The van der Waals surface area contributed by atoms with Crippen LogP contribution in [0.4, 0.5) is 0 Å². The lowest BCUT2D eigenvalue weighted by Gasteiger charge is -2.20. The molecular formula is C32H30O12S2. The number of ether oxygens (including phenoxy) is 1. The highest BCUT2D eigenvalue weighted by molar-refractivity contribution is 7.86. The maximum absolute atomic E-state index is 12.3. The van der Waals surface area contributed by atoms with Gasteiger partial charge in [0.1, 0.15) is 23.0 Å². The van der Waals surface area contributed by atoms with Crippen LogP contribution in [0, 0.1) is 13.8 Å². The highest BCUT2D eigenvalue weighted by Gasteiger charge is 2.25. The van der Waals surface area contributed by atoms with Crippen molar-refractivity contribution in [2.24, 2.45) is 0 Å². The van der Waals surface area contributed by atoms with E-state index >= 15 is 0 Å². The van der Waals surface area contributed by atoms with Crippen molar-refractivity contribution in [2.75, 3.05) is 6.61 Å². The fourth-order valence-corrected chi connectivity index (χ4v) is 6.99. The van der Waals surface area contributed by atoms with E-state index in [1.807, 2.05) is 0 Å². The molecule has 6 N–H and O–H groups in total. The molecule has 0 saturated heterocycles. The molecule has 14 heteroatoms. The second-order valence-corrected chi connectivity index (χ2v) is 14.2. The molecule has 1 aliphatic carbocycles. The molecule has 242 valence electrons. The number of fused-ring (bicyclic) bond motifs is 8. The van der Waals surface area contributed by atoms with Crippen molar-refractivity contribution in [3.05, 3.63) is 104 Å². The van der Waals surface area contributed by atoms with Gasteiger partial charge in [-0.25, -0.2) is 4.79 Å². The third kappa shape index (κ3) is 6.79. The molecule has 0 aliphatic heterocycles. The van der Waals surface area contributed by atoms with Gasteiger partial charge in [-0.05, 0) is 60.4 Å². The van der Waals surface area contributed by atoms with Crippen LogP contribution in [0.5, 0.6) is 23.0 Å². The van der Waals surface area contributed by atoms with E-state index in [0.717, 1.165) is 24.3 Å². The van der Waals surface area contributed by atoms with Gasteiger partial charge in [-0.15, -0.1) is 0 Å². The summed E-state index contributed by atoms with van der Waals surface area (Å²) in [6, 6.07) is 10.8. The molecule has 0 atom stereocenters. The Balaban J connectivity index is 1.87. The standard InChI is InChI=1S/C32H30O12S2/c1-16-3-18-7-20-11-26(45(38,39)40)13-22(30(20)36)9-24-5-17(2)6-25(32(24)44-15-28(33)34)10-23-14-27(46(41,42)43)12-21(31(23)37)8-19(4-16)29(18)35/h3-6,11-14,35-37H,7-10,15H2,1-2H3,(H,33,34)(H,38,39,40)(H,41,42,43). The number of aromatic hydroxyl groups is 3. The lowest BCUT2D eigenvalue weighted by atomic mass is 9.90. The van der Waals surface area contributed by atoms with Gasteiger partial charge in [0.15, 0.2) is 6.61 Å². The number of aryl methyl sites for hydroxylation is 2. The average Bonchev–Trinajstić information content (AvgIpc) is 2.93. The van der Waals surface area contributed by atoms with Crippen molar-refractivity contribution in [3.63, 3.8) is 0 Å². The lowest BCUT2D eigenvalue weighted by molar-refractivity contribution is -0.139. The molecule has 0 heterocycles. The Morgan fingerprint density at radius 2 is 0.870 bits per heavy atom. The number of carbonyl (C=O) groups is 1. The summed E-state index contributed by atoms with van der Waals surface area (Å²) in [5.74, 6) is -2.20. The van der Waals surface area contributed by atoms with Gasteiger partial charge in [0.2, 0.25) is 0 Å². The predicted octanol–water partition coefficient (Wildman–Crippen LogP) is 4.05. The number of hydrogen-bond acceptors (Lipinski definition) is 9. The Morgan fingerprint density at radius 3 is 1.17 bits per heavy atom. The zero-order valence-corrected chi connectivity index (χ0v) is 26.2. The summed E-state index contributed by atoms with van der Waals surface area (Å²) >= 11 is 0. The van der Waals surface area contributed by atoms with E-state index in [2.05, 4.69) is 0 Å². The van der Waals surface area contributed by atoms with E-state index in [4.69, 9.17) is 4.74 Å². The van der Waals surface area contributed by atoms with Gasteiger partial charge in [-0.1, -0.05) is 35.4 Å². The van der Waals surface area contributed by atoms with Gasteiger partial charge in [0, 0.05) is 47.9 Å². The molecule has 0 radical (unpaired) electrons. The van der Waals surface area contributed by atoms with Crippen molar-refractivity contribution in [1.82, 2.24) is 0 Å². The topological polar surface area (TPSA) is 216 Å². The summed E-state index contributed by atoms with van der Waals surface area (Å²) in [6.07, 6.45) is -0.822. The van der Waals surface area contributed by atoms with Gasteiger partial charge in [-0.3, -0.25) is 9.11 Å². The fourth-order valence-electron chi connectivity index (χ4n) is 5.83. The number of rotatable bonds is 5.